The lowest BCUT2D eigenvalue weighted by Crippen LogP contribution is -2.54. The lowest BCUT2D eigenvalue weighted by molar-refractivity contribution is -0.123. The van der Waals surface area contributed by atoms with Crippen molar-refractivity contribution in [2.45, 2.75) is 0 Å². The van der Waals surface area contributed by atoms with Crippen LogP contribution in [0.5, 0.6) is 11.5 Å². The Labute approximate surface area is 157 Å². The fourth-order valence-electron chi connectivity index (χ4n) is 3.11. The van der Waals surface area contributed by atoms with Crippen LogP contribution in [-0.4, -0.2) is 50.7 Å². The zero-order chi connectivity index (χ0) is 19.0. The van der Waals surface area contributed by atoms with Crippen molar-refractivity contribution in [1.29, 1.82) is 0 Å². The first-order chi connectivity index (χ1) is 13.0. The fraction of sp³-hybridized carbons (Fsp3) is 0.300. The summed E-state index contributed by atoms with van der Waals surface area (Å²) in [6.07, 6.45) is 0. The molecule has 2 amide bonds. The van der Waals surface area contributed by atoms with E-state index in [1.165, 1.54) is 0 Å². The number of carbonyl (C=O) groups excluding carboxylic acids is 2. The molecular weight excluding hydrogens is 346 g/mol. The van der Waals surface area contributed by atoms with Gasteiger partial charge in [0.1, 0.15) is 0 Å². The summed E-state index contributed by atoms with van der Waals surface area (Å²) in [4.78, 5) is 28.6. The van der Waals surface area contributed by atoms with Crippen molar-refractivity contribution >= 4 is 23.2 Å². The highest BCUT2D eigenvalue weighted by atomic mass is 16.7. The second-order valence-electron chi connectivity index (χ2n) is 6.91. The number of amides is 2. The number of anilines is 2. The van der Waals surface area contributed by atoms with Gasteiger partial charge in [-0.3, -0.25) is 9.59 Å². The molecule has 2 aliphatic heterocycles. The van der Waals surface area contributed by atoms with Gasteiger partial charge in [-0.2, -0.15) is 0 Å². The highest BCUT2D eigenvalue weighted by Crippen LogP contribution is 2.33. The molecule has 0 saturated carbocycles. The summed E-state index contributed by atoms with van der Waals surface area (Å²) in [5.41, 5.74) is 2.36. The van der Waals surface area contributed by atoms with Crippen LogP contribution in [0.25, 0.3) is 0 Å². The molecule has 1 N–H and O–H groups in total. The zero-order valence-corrected chi connectivity index (χ0v) is 15.3. The highest BCUT2D eigenvalue weighted by molar-refractivity contribution is 5.99. The Morgan fingerprint density at radius 2 is 1.74 bits per heavy atom. The maximum Gasteiger partial charge on any atom is 0.254 e. The van der Waals surface area contributed by atoms with E-state index in [1.807, 2.05) is 43.3 Å². The van der Waals surface area contributed by atoms with Crippen LogP contribution in [0.4, 0.5) is 11.4 Å². The molecule has 7 nitrogen and oxygen atoms in total. The van der Waals surface area contributed by atoms with Crippen LogP contribution in [-0.2, 0) is 4.79 Å². The Morgan fingerprint density at radius 1 is 1.04 bits per heavy atom. The third kappa shape index (κ3) is 3.40. The number of carbonyl (C=O) groups is 2. The van der Waals surface area contributed by atoms with Crippen molar-refractivity contribution in [3.63, 3.8) is 0 Å². The van der Waals surface area contributed by atoms with Crippen LogP contribution >= 0.6 is 0 Å². The van der Waals surface area contributed by atoms with E-state index in [9.17, 15) is 9.59 Å². The van der Waals surface area contributed by atoms with Crippen molar-refractivity contribution in [3.8, 4) is 11.5 Å². The second-order valence-corrected chi connectivity index (χ2v) is 6.91. The molecule has 0 bridgehead atoms. The predicted molar refractivity (Wildman–Crippen MR) is 101 cm³/mol. The monoisotopic (exact) mass is 367 g/mol. The number of nitrogens with one attached hydrogen (secondary N) is 1. The largest absolute Gasteiger partial charge is 0.454 e. The summed E-state index contributed by atoms with van der Waals surface area (Å²) in [7, 11) is 3.93. The number of rotatable bonds is 4. The van der Waals surface area contributed by atoms with Crippen LogP contribution in [0.3, 0.4) is 0 Å². The molecule has 0 atom stereocenters. The van der Waals surface area contributed by atoms with Gasteiger partial charge in [-0.15, -0.1) is 0 Å². The van der Waals surface area contributed by atoms with Gasteiger partial charge >= 0.3 is 0 Å². The molecule has 2 aromatic carbocycles. The zero-order valence-electron chi connectivity index (χ0n) is 15.3. The van der Waals surface area contributed by atoms with Gasteiger partial charge in [0.2, 0.25) is 12.7 Å². The Balaban J connectivity index is 1.32. The highest BCUT2D eigenvalue weighted by Gasteiger charge is 2.36. The van der Waals surface area contributed by atoms with Crippen LogP contribution < -0.4 is 19.7 Å². The number of benzene rings is 2. The van der Waals surface area contributed by atoms with Gasteiger partial charge in [0.15, 0.2) is 11.5 Å². The summed E-state index contributed by atoms with van der Waals surface area (Å²) >= 11 is 0. The van der Waals surface area contributed by atoms with E-state index < -0.39 is 0 Å². The first-order valence-corrected chi connectivity index (χ1v) is 8.78. The lowest BCUT2D eigenvalue weighted by Gasteiger charge is -2.38. The van der Waals surface area contributed by atoms with Gasteiger partial charge in [0.25, 0.3) is 5.91 Å². The molecule has 140 valence electrons. The summed E-state index contributed by atoms with van der Waals surface area (Å²) in [5, 5.41) is 2.91. The average Bonchev–Trinajstić information content (AvgIpc) is 3.08. The van der Waals surface area contributed by atoms with Crippen molar-refractivity contribution in [1.82, 2.24) is 4.90 Å². The molecule has 0 spiro atoms. The first-order valence-electron chi connectivity index (χ1n) is 8.78. The van der Waals surface area contributed by atoms with Crippen molar-refractivity contribution < 1.29 is 19.1 Å². The van der Waals surface area contributed by atoms with Gasteiger partial charge < -0.3 is 24.6 Å². The molecule has 0 radical (unpaired) electrons. The number of nitrogens with zero attached hydrogens (tertiary/aromatic N) is 2. The third-order valence-electron chi connectivity index (χ3n) is 4.81. The van der Waals surface area contributed by atoms with E-state index in [1.54, 1.807) is 23.1 Å². The Bertz CT molecular complexity index is 873. The molecule has 2 heterocycles. The maximum atomic E-state index is 12.5. The van der Waals surface area contributed by atoms with E-state index in [2.05, 4.69) is 5.32 Å². The smallest absolute Gasteiger partial charge is 0.254 e. The molecule has 4 rings (SSSR count). The molecule has 2 aliphatic rings. The normalized spacial score (nSPS) is 15.3. The molecule has 0 unspecified atom stereocenters. The van der Waals surface area contributed by atoms with Crippen LogP contribution in [0.2, 0.25) is 0 Å². The SMILES string of the molecule is CN(C)c1ccc(NC(=O)C2CN(C(=O)c3ccc4c(c3)OCO4)C2)cc1. The van der Waals surface area contributed by atoms with Gasteiger partial charge in [0, 0.05) is 44.1 Å². The van der Waals surface area contributed by atoms with Gasteiger partial charge in [-0.1, -0.05) is 0 Å². The molecule has 0 aromatic heterocycles. The molecule has 2 aromatic rings. The van der Waals surface area contributed by atoms with E-state index in [4.69, 9.17) is 9.47 Å². The summed E-state index contributed by atoms with van der Waals surface area (Å²) in [5.74, 6) is 0.857. The van der Waals surface area contributed by atoms with Gasteiger partial charge in [-0.05, 0) is 42.5 Å². The van der Waals surface area contributed by atoms with E-state index in [0.29, 0.717) is 30.2 Å². The summed E-state index contributed by atoms with van der Waals surface area (Å²) in [6.45, 7) is 0.998. The van der Waals surface area contributed by atoms with Crippen LogP contribution in [0.15, 0.2) is 42.5 Å². The molecule has 27 heavy (non-hydrogen) atoms. The average molecular weight is 367 g/mol. The van der Waals surface area contributed by atoms with Gasteiger partial charge in [0.05, 0.1) is 5.92 Å². The third-order valence-corrected chi connectivity index (χ3v) is 4.81. The minimum Gasteiger partial charge on any atom is -0.454 e. The Morgan fingerprint density at radius 3 is 2.44 bits per heavy atom. The van der Waals surface area contributed by atoms with Crippen molar-refractivity contribution in [2.75, 3.05) is 44.2 Å². The van der Waals surface area contributed by atoms with E-state index in [-0.39, 0.29) is 24.5 Å². The summed E-state index contributed by atoms with van der Waals surface area (Å²) in [6, 6.07) is 12.8. The van der Waals surface area contributed by atoms with Crippen LogP contribution in [0, 0.1) is 5.92 Å². The molecule has 0 aliphatic carbocycles. The topological polar surface area (TPSA) is 71.1 Å². The number of hydrogen-bond donors (Lipinski definition) is 1. The van der Waals surface area contributed by atoms with E-state index >= 15 is 0 Å². The standard InChI is InChI=1S/C20H21N3O4/c1-22(2)16-6-4-15(5-7-16)21-19(24)14-10-23(11-14)20(25)13-3-8-17-18(9-13)27-12-26-17/h3-9,14H,10-12H2,1-2H3,(H,21,24). The second kappa shape index (κ2) is 6.83. The van der Waals surface area contributed by atoms with E-state index in [0.717, 1.165) is 11.4 Å². The molecule has 1 saturated heterocycles. The number of hydrogen-bond acceptors (Lipinski definition) is 5. The Kier molecular flexibility index (Phi) is 4.35. The predicted octanol–water partition coefficient (Wildman–Crippen LogP) is 2.19. The minimum absolute atomic E-state index is 0.0673. The van der Waals surface area contributed by atoms with Crippen molar-refractivity contribution in [3.05, 3.63) is 48.0 Å². The molecule has 7 heteroatoms. The Hall–Kier alpha value is -3.22. The molecule has 1 fully saturated rings. The summed E-state index contributed by atoms with van der Waals surface area (Å²) < 4.78 is 10.6. The number of fused-ring (bicyclic) bond motifs is 1. The van der Waals surface area contributed by atoms with Gasteiger partial charge in [-0.25, -0.2) is 0 Å². The quantitative estimate of drug-likeness (QED) is 0.897. The van der Waals surface area contributed by atoms with Crippen LogP contribution in [0.1, 0.15) is 10.4 Å². The number of ether oxygens (including phenoxy) is 2. The first kappa shape index (κ1) is 17.2. The minimum atomic E-state index is -0.198. The maximum absolute atomic E-state index is 12.5. The number of likely N-dealkylation sites (tertiary alicyclic amines) is 1. The molecular formula is C20H21N3O4. The lowest BCUT2D eigenvalue weighted by atomic mass is 9.97. The fourth-order valence-corrected chi connectivity index (χ4v) is 3.11. The van der Waals surface area contributed by atoms with Crippen molar-refractivity contribution in [2.24, 2.45) is 5.92 Å².